The van der Waals surface area contributed by atoms with E-state index < -0.39 is 0 Å². The molecule has 4 rings (SSSR count). The number of fused-ring (bicyclic) bond motifs is 5. The predicted octanol–water partition coefficient (Wildman–Crippen LogP) is 7.49. The summed E-state index contributed by atoms with van der Waals surface area (Å²) in [4.78, 5) is 2.50. The maximum absolute atomic E-state index is 6.24. The summed E-state index contributed by atoms with van der Waals surface area (Å²) in [6, 6.07) is 0. The van der Waals surface area contributed by atoms with E-state index in [9.17, 15) is 0 Å². The molecule has 0 aromatic rings. The minimum Gasteiger partial charge on any atom is -0.330 e. The molecule has 47 heavy (non-hydrogen) atoms. The zero-order valence-corrected chi connectivity index (χ0v) is 32.9. The van der Waals surface area contributed by atoms with Gasteiger partial charge in [0, 0.05) is 24.6 Å². The van der Waals surface area contributed by atoms with Crippen LogP contribution in [0.4, 0.5) is 0 Å². The molecule has 11 atom stereocenters. The third kappa shape index (κ3) is 9.69. The Kier molecular flexibility index (Phi) is 17.1. The Labute approximate surface area is 303 Å². The molecule has 0 aliphatic heterocycles. The monoisotopic (exact) mass is 694 g/mol. The highest BCUT2D eigenvalue weighted by Gasteiger charge is 2.65. The van der Waals surface area contributed by atoms with Crippen LogP contribution in [0.3, 0.4) is 0 Å². The van der Waals surface area contributed by atoms with Crippen LogP contribution in [0.25, 0.3) is 0 Å². The molecule has 0 heterocycles. The molecule has 0 bridgehead atoms. The first-order chi connectivity index (χ1) is 22.8. The standard InChI is InChI=1S/C40H79N5S2/c1-30(9-7-20-44-21-8-22-45(23-25-46)24-26-47)35-13-14-36-38-32(11-5-18-42)28-34-27-31(10-4-17-41)15-16-39(34,2)37(38)29-33(12-6-19-43)40(35,36)3/h30-38,44,46-47H,4-29,41-43H2,1-3H3/t30-,31-,32-,33-,34+,35-,36+,37+,38+,39+,40-/m1/s1. The zero-order valence-electron chi connectivity index (χ0n) is 31.2. The Bertz CT molecular complexity index is 872. The number of rotatable bonds is 22. The molecule has 0 saturated heterocycles. The summed E-state index contributed by atoms with van der Waals surface area (Å²) in [5, 5.41) is 3.79. The topological polar surface area (TPSA) is 93.3 Å². The van der Waals surface area contributed by atoms with Gasteiger partial charge >= 0.3 is 0 Å². The molecule has 7 heteroatoms. The number of nitrogens with zero attached hydrogens (tertiary/aromatic N) is 1. The molecule has 0 radical (unpaired) electrons. The van der Waals surface area contributed by atoms with Gasteiger partial charge in [-0.3, -0.25) is 0 Å². The van der Waals surface area contributed by atoms with Gasteiger partial charge in [-0.1, -0.05) is 20.8 Å². The van der Waals surface area contributed by atoms with Crippen LogP contribution in [0.5, 0.6) is 0 Å². The van der Waals surface area contributed by atoms with Crippen molar-refractivity contribution in [3.63, 3.8) is 0 Å². The van der Waals surface area contributed by atoms with Crippen LogP contribution < -0.4 is 22.5 Å². The molecule has 0 aromatic carbocycles. The summed E-state index contributed by atoms with van der Waals surface area (Å²) in [6.07, 6.45) is 21.8. The molecule has 7 N–H and O–H groups in total. The van der Waals surface area contributed by atoms with Gasteiger partial charge in [-0.15, -0.1) is 0 Å². The second-order valence-corrected chi connectivity index (χ2v) is 18.3. The van der Waals surface area contributed by atoms with Crippen LogP contribution in [0.1, 0.15) is 124 Å². The first-order valence-electron chi connectivity index (χ1n) is 20.5. The third-order valence-corrected chi connectivity index (χ3v) is 15.5. The van der Waals surface area contributed by atoms with Gasteiger partial charge in [0.25, 0.3) is 0 Å². The molecule has 5 nitrogen and oxygen atoms in total. The van der Waals surface area contributed by atoms with E-state index in [1.54, 1.807) is 0 Å². The lowest BCUT2D eigenvalue weighted by molar-refractivity contribution is -0.172. The Morgan fingerprint density at radius 2 is 1.45 bits per heavy atom. The molecular formula is C40H79N5S2. The Morgan fingerprint density at radius 3 is 2.15 bits per heavy atom. The van der Waals surface area contributed by atoms with Gasteiger partial charge in [-0.05, 0) is 206 Å². The summed E-state index contributed by atoms with van der Waals surface area (Å²) in [5.41, 5.74) is 19.4. The quantitative estimate of drug-likeness (QED) is 0.0523. The predicted molar refractivity (Wildman–Crippen MR) is 211 cm³/mol. The van der Waals surface area contributed by atoms with Crippen molar-refractivity contribution in [2.45, 2.75) is 124 Å². The van der Waals surface area contributed by atoms with Crippen LogP contribution >= 0.6 is 25.3 Å². The molecule has 0 amide bonds. The van der Waals surface area contributed by atoms with Gasteiger partial charge in [0.05, 0.1) is 0 Å². The molecule has 4 saturated carbocycles. The summed E-state index contributed by atoms with van der Waals surface area (Å²) in [5.74, 6) is 9.74. The van der Waals surface area contributed by atoms with E-state index in [0.29, 0.717) is 10.8 Å². The molecule has 0 unspecified atom stereocenters. The highest BCUT2D eigenvalue weighted by Crippen LogP contribution is 2.72. The fourth-order valence-electron chi connectivity index (χ4n) is 12.7. The number of nitrogens with one attached hydrogen (secondary N) is 1. The number of hydrogen-bond acceptors (Lipinski definition) is 7. The van der Waals surface area contributed by atoms with Crippen LogP contribution in [-0.2, 0) is 0 Å². The molecule has 4 fully saturated rings. The number of hydrogen-bond donors (Lipinski definition) is 6. The van der Waals surface area contributed by atoms with Crippen molar-refractivity contribution in [2.24, 2.45) is 81.3 Å². The van der Waals surface area contributed by atoms with E-state index in [1.807, 2.05) is 0 Å². The van der Waals surface area contributed by atoms with Gasteiger partial charge in [0.1, 0.15) is 0 Å². The van der Waals surface area contributed by atoms with E-state index in [-0.39, 0.29) is 0 Å². The Balaban J connectivity index is 1.43. The van der Waals surface area contributed by atoms with Crippen LogP contribution in [0, 0.1) is 64.1 Å². The van der Waals surface area contributed by atoms with Gasteiger partial charge in [-0.25, -0.2) is 0 Å². The second kappa shape index (κ2) is 19.9. The van der Waals surface area contributed by atoms with Crippen molar-refractivity contribution in [1.29, 1.82) is 0 Å². The molecule has 4 aliphatic rings. The van der Waals surface area contributed by atoms with Crippen molar-refractivity contribution in [2.75, 3.05) is 63.9 Å². The molecule has 0 aromatic heterocycles. The van der Waals surface area contributed by atoms with Crippen molar-refractivity contribution >= 4 is 25.3 Å². The maximum atomic E-state index is 6.24. The Morgan fingerprint density at radius 1 is 0.766 bits per heavy atom. The first-order valence-corrected chi connectivity index (χ1v) is 21.8. The van der Waals surface area contributed by atoms with E-state index in [4.69, 9.17) is 17.2 Å². The summed E-state index contributed by atoms with van der Waals surface area (Å²) in [6.45, 7) is 16.3. The SMILES string of the molecule is C[C@H](CCCNCCCN(CCS)CCS)[C@H]1CC[C@H]2[C@@H]3[C@H](CCCN)C[C@@H]4C[C@H](CCCN)CC[C@]4(C)[C@H]3C[C@@H](CCCN)[C@]12C. The highest BCUT2D eigenvalue weighted by atomic mass is 32.1. The molecular weight excluding hydrogens is 615 g/mol. The highest BCUT2D eigenvalue weighted by molar-refractivity contribution is 7.80. The maximum Gasteiger partial charge on any atom is 0.00702 e. The van der Waals surface area contributed by atoms with Crippen molar-refractivity contribution in [1.82, 2.24) is 10.2 Å². The minimum absolute atomic E-state index is 0.467. The summed E-state index contributed by atoms with van der Waals surface area (Å²) in [7, 11) is 0. The van der Waals surface area contributed by atoms with Gasteiger partial charge in [-0.2, -0.15) is 25.3 Å². The molecule has 0 spiro atoms. The third-order valence-electron chi connectivity index (χ3n) is 15.1. The summed E-state index contributed by atoms with van der Waals surface area (Å²) >= 11 is 8.87. The van der Waals surface area contributed by atoms with Crippen LogP contribution in [0.15, 0.2) is 0 Å². The number of thiol groups is 2. The number of nitrogens with two attached hydrogens (primary N) is 3. The van der Waals surface area contributed by atoms with E-state index >= 15 is 0 Å². The van der Waals surface area contributed by atoms with Crippen molar-refractivity contribution < 1.29 is 0 Å². The van der Waals surface area contributed by atoms with Crippen molar-refractivity contribution in [3.8, 4) is 0 Å². The van der Waals surface area contributed by atoms with Crippen molar-refractivity contribution in [3.05, 3.63) is 0 Å². The fourth-order valence-corrected chi connectivity index (χ4v) is 13.3. The summed E-state index contributed by atoms with van der Waals surface area (Å²) < 4.78 is 0. The lowest BCUT2D eigenvalue weighted by atomic mass is 9.39. The lowest BCUT2D eigenvalue weighted by Gasteiger charge is -2.66. The normalized spacial score (nSPS) is 37.5. The smallest absolute Gasteiger partial charge is 0.00702 e. The second-order valence-electron chi connectivity index (χ2n) is 17.4. The Hall–Kier alpha value is 0.500. The molecule has 4 aliphatic carbocycles. The fraction of sp³-hybridized carbons (Fsp3) is 1.00. The van der Waals surface area contributed by atoms with Gasteiger partial charge in [0.15, 0.2) is 0 Å². The molecule has 276 valence electrons. The van der Waals surface area contributed by atoms with E-state index in [2.05, 4.69) is 56.2 Å². The first kappa shape index (κ1) is 40.3. The minimum atomic E-state index is 0.467. The van der Waals surface area contributed by atoms with E-state index in [1.165, 1.54) is 103 Å². The van der Waals surface area contributed by atoms with Crippen LogP contribution in [-0.4, -0.2) is 68.8 Å². The average molecular weight is 694 g/mol. The largest absolute Gasteiger partial charge is 0.330 e. The average Bonchev–Trinajstić information content (AvgIpc) is 3.43. The zero-order chi connectivity index (χ0) is 33.9. The lowest BCUT2D eigenvalue weighted by Crippen LogP contribution is -2.59. The van der Waals surface area contributed by atoms with Gasteiger partial charge < -0.3 is 27.4 Å². The van der Waals surface area contributed by atoms with Gasteiger partial charge in [0.2, 0.25) is 0 Å². The van der Waals surface area contributed by atoms with Crippen LogP contribution in [0.2, 0.25) is 0 Å². The van der Waals surface area contributed by atoms with E-state index in [0.717, 1.165) is 117 Å².